The number of hydrogen-bond donors (Lipinski definition) is 4. The fourth-order valence-corrected chi connectivity index (χ4v) is 4.69. The Bertz CT molecular complexity index is 1520. The van der Waals surface area contributed by atoms with Gasteiger partial charge in [0.2, 0.25) is 0 Å². The first kappa shape index (κ1) is 33.1. The topological polar surface area (TPSA) is 123 Å². The lowest BCUT2D eigenvalue weighted by Gasteiger charge is -2.38. The molecule has 0 bridgehead atoms. The van der Waals surface area contributed by atoms with Crippen molar-refractivity contribution in [1.29, 1.82) is 0 Å². The molecular weight excluding hydrogens is 598 g/mol. The average molecular weight is 632 g/mol. The number of carbonyl (C=O) groups excluding carboxylic acids is 3. The Morgan fingerprint density at radius 2 is 1.64 bits per heavy atom. The summed E-state index contributed by atoms with van der Waals surface area (Å²) in [6.07, 6.45) is -5.24. The van der Waals surface area contributed by atoms with Crippen molar-refractivity contribution in [1.82, 2.24) is 9.80 Å². The molecule has 3 aromatic rings. The second-order valence-electron chi connectivity index (χ2n) is 10.8. The van der Waals surface area contributed by atoms with Crippen LogP contribution < -0.4 is 20.7 Å². The fraction of sp³-hybridized carbons (Fsp3) is 0.323. The number of anilines is 3. The van der Waals surface area contributed by atoms with Crippen molar-refractivity contribution < 1.29 is 41.8 Å². The third-order valence-electron chi connectivity index (χ3n) is 7.31. The van der Waals surface area contributed by atoms with Crippen LogP contribution in [-0.2, 0) is 6.18 Å². The van der Waals surface area contributed by atoms with Crippen LogP contribution in [0.25, 0.3) is 0 Å². The molecule has 0 saturated carbocycles. The number of hydrogen-bond acceptors (Lipinski definition) is 5. The summed E-state index contributed by atoms with van der Waals surface area (Å²) < 4.78 is 58.4. The lowest BCUT2D eigenvalue weighted by atomic mass is 9.99. The van der Waals surface area contributed by atoms with E-state index >= 15 is 0 Å². The predicted molar refractivity (Wildman–Crippen MR) is 160 cm³/mol. The van der Waals surface area contributed by atoms with Gasteiger partial charge in [0.15, 0.2) is 5.75 Å². The fourth-order valence-electron chi connectivity index (χ4n) is 4.69. The number of carbonyl (C=O) groups is 3. The monoisotopic (exact) mass is 631 g/mol. The van der Waals surface area contributed by atoms with Gasteiger partial charge in [0.1, 0.15) is 11.9 Å². The first-order chi connectivity index (χ1) is 21.3. The maximum absolute atomic E-state index is 13.7. The lowest BCUT2D eigenvalue weighted by molar-refractivity contribution is -0.137. The minimum Gasteiger partial charge on any atom is -0.485 e. The van der Waals surface area contributed by atoms with Gasteiger partial charge in [-0.05, 0) is 67.6 Å². The van der Waals surface area contributed by atoms with Gasteiger partial charge in [-0.2, -0.15) is 13.2 Å². The average Bonchev–Trinajstić information content (AvgIpc) is 2.99. The summed E-state index contributed by atoms with van der Waals surface area (Å²) in [5.41, 5.74) is -0.204. The SMILES string of the molecule is C[C@@H]1CN([C@@H](C)CO)C(=O)c2cccc(NC(=O)Nc3ccc(C(F)(F)F)cc3)c2O[C@H]1CN(C)C(=O)Nc1ccc(F)cc1. The van der Waals surface area contributed by atoms with Crippen LogP contribution in [0.5, 0.6) is 5.75 Å². The Morgan fingerprint density at radius 1 is 1.02 bits per heavy atom. The minimum atomic E-state index is -4.53. The van der Waals surface area contributed by atoms with E-state index in [0.29, 0.717) is 5.69 Å². The molecule has 14 heteroatoms. The van der Waals surface area contributed by atoms with E-state index in [-0.39, 0.29) is 48.3 Å². The van der Waals surface area contributed by atoms with Crippen LogP contribution in [0.15, 0.2) is 66.7 Å². The Balaban J connectivity index is 1.59. The largest absolute Gasteiger partial charge is 0.485 e. The van der Waals surface area contributed by atoms with E-state index in [1.165, 1.54) is 59.3 Å². The highest BCUT2D eigenvalue weighted by Gasteiger charge is 2.35. The van der Waals surface area contributed by atoms with Gasteiger partial charge in [0.25, 0.3) is 5.91 Å². The molecule has 0 spiro atoms. The van der Waals surface area contributed by atoms with Gasteiger partial charge in [0.05, 0.1) is 36.0 Å². The number of alkyl halides is 3. The highest BCUT2D eigenvalue weighted by molar-refractivity contribution is 6.04. The third-order valence-corrected chi connectivity index (χ3v) is 7.31. The molecule has 0 aliphatic carbocycles. The molecule has 0 unspecified atom stereocenters. The van der Waals surface area contributed by atoms with Gasteiger partial charge >= 0.3 is 18.2 Å². The Labute approximate surface area is 257 Å². The van der Waals surface area contributed by atoms with Crippen molar-refractivity contribution in [3.05, 3.63) is 83.7 Å². The first-order valence-electron chi connectivity index (χ1n) is 14.0. The number of urea groups is 2. The van der Waals surface area contributed by atoms with E-state index in [1.807, 2.05) is 6.92 Å². The van der Waals surface area contributed by atoms with Crippen molar-refractivity contribution >= 4 is 35.0 Å². The Hall–Kier alpha value is -4.85. The summed E-state index contributed by atoms with van der Waals surface area (Å²) in [5, 5.41) is 17.6. The smallest absolute Gasteiger partial charge is 0.416 e. The van der Waals surface area contributed by atoms with Crippen LogP contribution in [0.3, 0.4) is 0 Å². The maximum atomic E-state index is 13.7. The number of aliphatic hydroxyl groups excluding tert-OH is 1. The second kappa shape index (κ2) is 13.8. The standard InChI is InChI=1S/C31H33F4N5O5/c1-18-15-40(19(2)17-41)28(42)24-5-4-6-25(38-29(43)36-22-11-7-20(8-12-22)31(33,34)35)27(24)45-26(18)16-39(3)30(44)37-23-13-9-21(32)10-14-23/h4-14,18-19,26,41H,15-17H2,1-3H3,(H,37,44)(H2,36,38,43)/t18-,19+,26+/m1/s1. The quantitative estimate of drug-likeness (QED) is 0.243. The van der Waals surface area contributed by atoms with Crippen molar-refractivity contribution in [2.75, 3.05) is 42.7 Å². The molecule has 10 nitrogen and oxygen atoms in total. The summed E-state index contributed by atoms with van der Waals surface area (Å²) in [6, 6.07) is 11.8. The molecule has 3 aromatic carbocycles. The maximum Gasteiger partial charge on any atom is 0.416 e. The van der Waals surface area contributed by atoms with Gasteiger partial charge in [-0.3, -0.25) is 4.79 Å². The summed E-state index contributed by atoms with van der Waals surface area (Å²) in [7, 11) is 1.54. The molecule has 0 saturated heterocycles. The zero-order valence-electron chi connectivity index (χ0n) is 24.7. The molecule has 0 aromatic heterocycles. The number of amides is 5. The molecule has 4 rings (SSSR count). The molecule has 0 radical (unpaired) electrons. The number of rotatable bonds is 7. The first-order valence-corrected chi connectivity index (χ1v) is 14.0. The molecule has 0 fully saturated rings. The van der Waals surface area contributed by atoms with E-state index in [9.17, 15) is 37.1 Å². The van der Waals surface area contributed by atoms with Gasteiger partial charge in [0, 0.05) is 30.9 Å². The summed E-state index contributed by atoms with van der Waals surface area (Å²) >= 11 is 0. The van der Waals surface area contributed by atoms with E-state index in [4.69, 9.17) is 4.74 Å². The van der Waals surface area contributed by atoms with Crippen molar-refractivity contribution in [3.8, 4) is 5.75 Å². The van der Waals surface area contributed by atoms with Crippen LogP contribution in [0.2, 0.25) is 0 Å². The van der Waals surface area contributed by atoms with Gasteiger partial charge in [-0.25, -0.2) is 14.0 Å². The molecular formula is C31H33F4N5O5. The summed E-state index contributed by atoms with van der Waals surface area (Å²) in [5.74, 6) is -1.26. The number of nitrogens with one attached hydrogen (secondary N) is 3. The molecule has 3 atom stereocenters. The van der Waals surface area contributed by atoms with Crippen LogP contribution in [0.4, 0.5) is 44.2 Å². The molecule has 5 amide bonds. The number of aliphatic hydroxyl groups is 1. The highest BCUT2D eigenvalue weighted by atomic mass is 19.4. The Kier molecular flexibility index (Phi) is 10.2. The van der Waals surface area contributed by atoms with Crippen molar-refractivity contribution in [2.24, 2.45) is 5.92 Å². The van der Waals surface area contributed by atoms with Gasteiger partial charge in [-0.15, -0.1) is 0 Å². The van der Waals surface area contributed by atoms with Crippen LogP contribution in [-0.4, -0.2) is 71.8 Å². The normalized spacial score (nSPS) is 17.2. The second-order valence-corrected chi connectivity index (χ2v) is 10.8. The van der Waals surface area contributed by atoms with E-state index < -0.39 is 47.7 Å². The molecule has 4 N–H and O–H groups in total. The van der Waals surface area contributed by atoms with Crippen LogP contribution in [0.1, 0.15) is 29.8 Å². The van der Waals surface area contributed by atoms with Crippen molar-refractivity contribution in [3.63, 3.8) is 0 Å². The highest BCUT2D eigenvalue weighted by Crippen LogP contribution is 2.35. The Morgan fingerprint density at radius 3 is 2.27 bits per heavy atom. The van der Waals surface area contributed by atoms with E-state index in [2.05, 4.69) is 16.0 Å². The molecule has 1 aliphatic rings. The molecule has 45 heavy (non-hydrogen) atoms. The lowest BCUT2D eigenvalue weighted by Crippen LogP contribution is -2.50. The van der Waals surface area contributed by atoms with Crippen molar-refractivity contribution in [2.45, 2.75) is 32.2 Å². The number of fused-ring (bicyclic) bond motifs is 1. The molecule has 240 valence electrons. The predicted octanol–water partition coefficient (Wildman–Crippen LogP) is 5.87. The number of para-hydroxylation sites is 1. The third kappa shape index (κ3) is 8.20. The van der Waals surface area contributed by atoms with Gasteiger partial charge < -0.3 is 35.6 Å². The van der Waals surface area contributed by atoms with E-state index in [0.717, 1.165) is 24.3 Å². The number of halogens is 4. The minimum absolute atomic E-state index is 0.0177. The van der Waals surface area contributed by atoms with E-state index in [1.54, 1.807) is 6.92 Å². The van der Waals surface area contributed by atoms with Gasteiger partial charge in [-0.1, -0.05) is 13.0 Å². The van der Waals surface area contributed by atoms with Crippen LogP contribution in [0, 0.1) is 11.7 Å². The number of nitrogens with zero attached hydrogens (tertiary/aromatic N) is 2. The number of benzene rings is 3. The number of ether oxygens (including phenoxy) is 1. The molecule has 1 heterocycles. The zero-order chi connectivity index (χ0) is 32.9. The zero-order valence-corrected chi connectivity index (χ0v) is 24.7. The summed E-state index contributed by atoms with van der Waals surface area (Å²) in [4.78, 5) is 42.4. The molecule has 1 aliphatic heterocycles. The summed E-state index contributed by atoms with van der Waals surface area (Å²) in [6.45, 7) is 3.41. The number of likely N-dealkylation sites (N-methyl/N-ethyl adjacent to an activating group) is 1. The van der Waals surface area contributed by atoms with Crippen LogP contribution >= 0.6 is 0 Å².